The van der Waals surface area contributed by atoms with Crippen molar-refractivity contribution in [3.05, 3.63) is 29.3 Å². The summed E-state index contributed by atoms with van der Waals surface area (Å²) < 4.78 is 0. The number of hydrogen-bond donors (Lipinski definition) is 2. The van der Waals surface area contributed by atoms with Crippen LogP contribution in [0.5, 0.6) is 0 Å². The summed E-state index contributed by atoms with van der Waals surface area (Å²) in [5.74, 6) is -1.03. The van der Waals surface area contributed by atoms with Crippen molar-refractivity contribution < 1.29 is 14.7 Å². The van der Waals surface area contributed by atoms with Crippen molar-refractivity contribution in [3.8, 4) is 0 Å². The summed E-state index contributed by atoms with van der Waals surface area (Å²) in [4.78, 5) is 27.3. The van der Waals surface area contributed by atoms with Gasteiger partial charge in [-0.3, -0.25) is 0 Å². The number of urea groups is 1. The summed E-state index contributed by atoms with van der Waals surface area (Å²) in [6.07, 6.45) is 0. The van der Waals surface area contributed by atoms with Gasteiger partial charge in [0.15, 0.2) is 0 Å². The van der Waals surface area contributed by atoms with Gasteiger partial charge in [-0.1, -0.05) is 12.1 Å². The number of carboxylic acid groups (broad SMARTS) is 1. The van der Waals surface area contributed by atoms with Crippen LogP contribution in [0.4, 0.5) is 10.5 Å². The number of carbonyl (C=O) groups excluding carboxylic acids is 1. The lowest BCUT2D eigenvalue weighted by Gasteiger charge is -2.32. The quantitative estimate of drug-likeness (QED) is 0.858. The van der Waals surface area contributed by atoms with Crippen LogP contribution >= 0.6 is 0 Å². The molecular formula is C14H19N3O3. The summed E-state index contributed by atoms with van der Waals surface area (Å²) in [7, 11) is 2.01. The molecule has 108 valence electrons. The predicted octanol–water partition coefficient (Wildman–Crippen LogP) is 1.47. The number of nitrogens with zero attached hydrogens (tertiary/aromatic N) is 2. The monoisotopic (exact) mass is 277 g/mol. The highest BCUT2D eigenvalue weighted by Gasteiger charge is 2.21. The van der Waals surface area contributed by atoms with E-state index in [4.69, 9.17) is 0 Å². The van der Waals surface area contributed by atoms with Crippen LogP contribution in [-0.2, 0) is 0 Å². The molecule has 1 aliphatic heterocycles. The molecule has 1 aliphatic rings. The van der Waals surface area contributed by atoms with E-state index in [2.05, 4.69) is 10.2 Å². The molecule has 0 bridgehead atoms. The minimum atomic E-state index is -1.03. The average Bonchev–Trinajstić information content (AvgIpc) is 2.39. The maximum absolute atomic E-state index is 12.2. The molecule has 2 N–H and O–H groups in total. The Balaban J connectivity index is 2.12. The number of aromatic carboxylic acids is 1. The van der Waals surface area contributed by atoms with Gasteiger partial charge in [-0.15, -0.1) is 0 Å². The number of hydrogen-bond acceptors (Lipinski definition) is 3. The Morgan fingerprint density at radius 3 is 2.45 bits per heavy atom. The number of rotatable bonds is 2. The molecule has 6 nitrogen and oxygen atoms in total. The number of likely N-dealkylation sites (N-methyl/N-ethyl adjacent to an activating group) is 1. The van der Waals surface area contributed by atoms with Gasteiger partial charge < -0.3 is 20.2 Å². The van der Waals surface area contributed by atoms with Crippen LogP contribution in [0.1, 0.15) is 15.9 Å². The molecule has 0 aliphatic carbocycles. The normalized spacial score (nSPS) is 16.0. The Morgan fingerprint density at radius 1 is 1.20 bits per heavy atom. The number of nitrogens with one attached hydrogen (secondary N) is 1. The lowest BCUT2D eigenvalue weighted by molar-refractivity contribution is 0.0697. The zero-order valence-electron chi connectivity index (χ0n) is 11.7. The van der Waals surface area contributed by atoms with Gasteiger partial charge in [0.2, 0.25) is 0 Å². The molecule has 6 heteroatoms. The van der Waals surface area contributed by atoms with E-state index in [-0.39, 0.29) is 11.6 Å². The molecule has 1 heterocycles. The molecule has 0 unspecified atom stereocenters. The third-order valence-electron chi connectivity index (χ3n) is 3.52. The second kappa shape index (κ2) is 5.92. The molecule has 1 saturated heterocycles. The first kappa shape index (κ1) is 14.3. The summed E-state index contributed by atoms with van der Waals surface area (Å²) in [6.45, 7) is 4.67. The van der Waals surface area contributed by atoms with Crippen molar-refractivity contribution in [1.82, 2.24) is 9.80 Å². The van der Waals surface area contributed by atoms with Gasteiger partial charge in [0, 0.05) is 26.2 Å². The van der Waals surface area contributed by atoms with E-state index in [1.165, 1.54) is 0 Å². The Kier molecular flexibility index (Phi) is 4.24. The van der Waals surface area contributed by atoms with E-state index >= 15 is 0 Å². The van der Waals surface area contributed by atoms with Gasteiger partial charge in [0.1, 0.15) is 0 Å². The molecule has 20 heavy (non-hydrogen) atoms. The van der Waals surface area contributed by atoms with Crippen molar-refractivity contribution in [3.63, 3.8) is 0 Å². The number of aryl methyl sites for hydroxylation is 1. The highest BCUT2D eigenvalue weighted by atomic mass is 16.4. The number of carbonyl (C=O) groups is 2. The Bertz CT molecular complexity index is 522. The van der Waals surface area contributed by atoms with E-state index in [0.29, 0.717) is 24.3 Å². The maximum atomic E-state index is 12.2. The summed E-state index contributed by atoms with van der Waals surface area (Å²) in [6, 6.07) is 4.83. The first-order chi connectivity index (χ1) is 9.49. The van der Waals surface area contributed by atoms with Crippen LogP contribution in [-0.4, -0.2) is 60.1 Å². The predicted molar refractivity (Wildman–Crippen MR) is 76.2 cm³/mol. The lowest BCUT2D eigenvalue weighted by Crippen LogP contribution is -2.48. The minimum Gasteiger partial charge on any atom is -0.478 e. The van der Waals surface area contributed by atoms with Gasteiger partial charge in [0.05, 0.1) is 11.3 Å². The molecule has 2 amide bonds. The summed E-state index contributed by atoms with van der Waals surface area (Å²) in [5, 5.41) is 11.9. The van der Waals surface area contributed by atoms with Crippen molar-refractivity contribution >= 4 is 17.7 Å². The van der Waals surface area contributed by atoms with E-state index in [1.807, 2.05) is 7.05 Å². The minimum absolute atomic E-state index is 0.148. The van der Waals surface area contributed by atoms with Crippen molar-refractivity contribution in [2.24, 2.45) is 0 Å². The maximum Gasteiger partial charge on any atom is 0.338 e. The fourth-order valence-corrected chi connectivity index (χ4v) is 2.26. The number of benzene rings is 1. The van der Waals surface area contributed by atoms with Crippen molar-refractivity contribution in [1.29, 1.82) is 0 Å². The summed E-state index contributed by atoms with van der Waals surface area (Å²) >= 11 is 0. The molecule has 1 aromatic rings. The van der Waals surface area contributed by atoms with E-state index in [9.17, 15) is 14.7 Å². The Labute approximate surface area is 118 Å². The third-order valence-corrected chi connectivity index (χ3v) is 3.52. The molecule has 1 aromatic carbocycles. The smallest absolute Gasteiger partial charge is 0.338 e. The number of piperazine rings is 1. The second-order valence-corrected chi connectivity index (χ2v) is 5.02. The molecule has 0 radical (unpaired) electrons. The van der Waals surface area contributed by atoms with Gasteiger partial charge in [0.25, 0.3) is 0 Å². The SMILES string of the molecule is Cc1cccc(NC(=O)N2CCN(C)CC2)c1C(=O)O. The standard InChI is InChI=1S/C14H19N3O3/c1-10-4-3-5-11(12(10)13(18)19)15-14(20)17-8-6-16(2)7-9-17/h3-5H,6-9H2,1-2H3,(H,15,20)(H,18,19). The lowest BCUT2D eigenvalue weighted by atomic mass is 10.1. The van der Waals surface area contributed by atoms with Gasteiger partial charge >= 0.3 is 12.0 Å². The van der Waals surface area contributed by atoms with E-state index in [1.54, 1.807) is 30.0 Å². The zero-order valence-corrected chi connectivity index (χ0v) is 11.7. The Hall–Kier alpha value is -2.08. The highest BCUT2D eigenvalue weighted by Crippen LogP contribution is 2.20. The third kappa shape index (κ3) is 3.08. The molecular weight excluding hydrogens is 258 g/mol. The Morgan fingerprint density at radius 2 is 1.85 bits per heavy atom. The molecule has 2 rings (SSSR count). The average molecular weight is 277 g/mol. The fraction of sp³-hybridized carbons (Fsp3) is 0.429. The van der Waals surface area contributed by atoms with Crippen LogP contribution in [0.3, 0.4) is 0 Å². The van der Waals surface area contributed by atoms with Crippen LogP contribution in [0.25, 0.3) is 0 Å². The fourth-order valence-electron chi connectivity index (χ4n) is 2.26. The number of anilines is 1. The van der Waals surface area contributed by atoms with E-state index in [0.717, 1.165) is 13.1 Å². The topological polar surface area (TPSA) is 72.9 Å². The molecule has 0 aromatic heterocycles. The number of amides is 2. The van der Waals surface area contributed by atoms with Crippen LogP contribution in [0.15, 0.2) is 18.2 Å². The first-order valence-electron chi connectivity index (χ1n) is 6.56. The molecule has 0 spiro atoms. The van der Waals surface area contributed by atoms with Gasteiger partial charge in [-0.05, 0) is 25.6 Å². The van der Waals surface area contributed by atoms with Gasteiger partial charge in [-0.25, -0.2) is 9.59 Å². The van der Waals surface area contributed by atoms with E-state index < -0.39 is 5.97 Å². The highest BCUT2D eigenvalue weighted by molar-refractivity contribution is 6.01. The second-order valence-electron chi connectivity index (χ2n) is 5.02. The number of carboxylic acids is 1. The van der Waals surface area contributed by atoms with Gasteiger partial charge in [-0.2, -0.15) is 0 Å². The van der Waals surface area contributed by atoms with Crippen molar-refractivity contribution in [2.75, 3.05) is 38.5 Å². The zero-order chi connectivity index (χ0) is 14.7. The first-order valence-corrected chi connectivity index (χ1v) is 6.56. The molecule has 0 saturated carbocycles. The summed E-state index contributed by atoms with van der Waals surface area (Å²) in [5.41, 5.74) is 1.13. The van der Waals surface area contributed by atoms with Crippen LogP contribution in [0, 0.1) is 6.92 Å². The van der Waals surface area contributed by atoms with Crippen LogP contribution in [0.2, 0.25) is 0 Å². The molecule has 0 atom stereocenters. The van der Waals surface area contributed by atoms with Crippen LogP contribution < -0.4 is 5.32 Å². The van der Waals surface area contributed by atoms with Crippen molar-refractivity contribution in [2.45, 2.75) is 6.92 Å². The largest absolute Gasteiger partial charge is 0.478 e. The molecule has 1 fully saturated rings.